The van der Waals surface area contributed by atoms with Crippen LogP contribution in [-0.4, -0.2) is 30.1 Å². The lowest BCUT2D eigenvalue weighted by Crippen LogP contribution is -2.12. The van der Waals surface area contributed by atoms with E-state index in [0.29, 0.717) is 35.3 Å². The molecule has 0 fully saturated rings. The van der Waals surface area contributed by atoms with Crippen molar-refractivity contribution in [2.45, 2.75) is 19.4 Å². The zero-order valence-corrected chi connectivity index (χ0v) is 17.7. The third-order valence-corrected chi connectivity index (χ3v) is 5.16. The largest absolute Gasteiger partial charge is 0.441 e. The molecule has 0 saturated carbocycles. The molecular weight excluding hydrogens is 428 g/mol. The fraction of sp³-hybridized carbons (Fsp3) is 0.130. The molecule has 32 heavy (non-hydrogen) atoms. The zero-order chi connectivity index (χ0) is 21.9. The SMILES string of the molecule is O=C(CCc1ncc(-c2ccc(Cl)cc2)o1)Nc1cnn(Cc2cn3ccccc3n2)c1. The number of pyridine rings is 1. The van der Waals surface area contributed by atoms with E-state index in [1.165, 1.54) is 0 Å². The highest BCUT2D eigenvalue weighted by Crippen LogP contribution is 2.22. The van der Waals surface area contributed by atoms with Gasteiger partial charge in [0.1, 0.15) is 5.65 Å². The lowest BCUT2D eigenvalue weighted by Gasteiger charge is -2.01. The smallest absolute Gasteiger partial charge is 0.224 e. The second-order valence-corrected chi connectivity index (χ2v) is 7.73. The minimum absolute atomic E-state index is 0.136. The summed E-state index contributed by atoms with van der Waals surface area (Å²) < 4.78 is 9.45. The summed E-state index contributed by atoms with van der Waals surface area (Å²) in [4.78, 5) is 21.2. The average molecular weight is 447 g/mol. The summed E-state index contributed by atoms with van der Waals surface area (Å²) in [5, 5.41) is 7.83. The van der Waals surface area contributed by atoms with Crippen molar-refractivity contribution in [2.24, 2.45) is 0 Å². The molecule has 0 saturated heterocycles. The fourth-order valence-corrected chi connectivity index (χ4v) is 3.49. The van der Waals surface area contributed by atoms with E-state index >= 15 is 0 Å². The number of anilines is 1. The van der Waals surface area contributed by atoms with Gasteiger partial charge in [0, 0.05) is 42.0 Å². The quantitative estimate of drug-likeness (QED) is 0.398. The highest BCUT2D eigenvalue weighted by atomic mass is 35.5. The molecule has 9 heteroatoms. The molecule has 0 aliphatic carbocycles. The number of rotatable bonds is 7. The predicted molar refractivity (Wildman–Crippen MR) is 120 cm³/mol. The lowest BCUT2D eigenvalue weighted by molar-refractivity contribution is -0.116. The van der Waals surface area contributed by atoms with Crippen molar-refractivity contribution in [1.82, 2.24) is 24.1 Å². The number of fused-ring (bicyclic) bond motifs is 1. The van der Waals surface area contributed by atoms with Gasteiger partial charge in [-0.25, -0.2) is 9.97 Å². The van der Waals surface area contributed by atoms with Gasteiger partial charge in [-0.15, -0.1) is 0 Å². The first-order valence-electron chi connectivity index (χ1n) is 10.1. The Morgan fingerprint density at radius 3 is 2.81 bits per heavy atom. The van der Waals surface area contributed by atoms with Gasteiger partial charge >= 0.3 is 0 Å². The summed E-state index contributed by atoms with van der Waals surface area (Å²) in [5.41, 5.74) is 3.29. The van der Waals surface area contributed by atoms with Crippen molar-refractivity contribution < 1.29 is 9.21 Å². The minimum Gasteiger partial charge on any atom is -0.441 e. The van der Waals surface area contributed by atoms with E-state index < -0.39 is 0 Å². The number of hydrogen-bond donors (Lipinski definition) is 1. The molecule has 0 atom stereocenters. The molecule has 0 aliphatic rings. The fourth-order valence-electron chi connectivity index (χ4n) is 3.36. The number of amides is 1. The molecule has 160 valence electrons. The lowest BCUT2D eigenvalue weighted by atomic mass is 10.2. The topological polar surface area (TPSA) is 90.3 Å². The van der Waals surface area contributed by atoms with Crippen molar-refractivity contribution >= 4 is 28.8 Å². The van der Waals surface area contributed by atoms with Crippen LogP contribution in [0.5, 0.6) is 0 Å². The molecule has 0 aliphatic heterocycles. The number of benzene rings is 1. The summed E-state index contributed by atoms with van der Waals surface area (Å²) >= 11 is 5.91. The van der Waals surface area contributed by atoms with Gasteiger partial charge in [0.05, 0.1) is 30.3 Å². The highest BCUT2D eigenvalue weighted by Gasteiger charge is 2.11. The summed E-state index contributed by atoms with van der Waals surface area (Å²) in [6.45, 7) is 0.515. The van der Waals surface area contributed by atoms with Crippen LogP contribution in [0.1, 0.15) is 18.0 Å². The maximum Gasteiger partial charge on any atom is 0.224 e. The van der Waals surface area contributed by atoms with Crippen LogP contribution in [0.15, 0.2) is 77.9 Å². The van der Waals surface area contributed by atoms with E-state index in [-0.39, 0.29) is 12.3 Å². The van der Waals surface area contributed by atoms with Crippen LogP contribution >= 0.6 is 11.6 Å². The van der Waals surface area contributed by atoms with Crippen LogP contribution in [0.2, 0.25) is 5.02 Å². The predicted octanol–water partition coefficient (Wildman–Crippen LogP) is 4.46. The Bertz CT molecular complexity index is 1340. The van der Waals surface area contributed by atoms with E-state index in [1.54, 1.807) is 35.4 Å². The van der Waals surface area contributed by atoms with Crippen molar-refractivity contribution in [3.8, 4) is 11.3 Å². The van der Waals surface area contributed by atoms with E-state index in [0.717, 1.165) is 16.9 Å². The number of halogens is 1. The summed E-state index contributed by atoms with van der Waals surface area (Å²) in [6.07, 6.45) is 9.62. The maximum absolute atomic E-state index is 12.3. The van der Waals surface area contributed by atoms with Gasteiger partial charge in [0.15, 0.2) is 11.7 Å². The molecule has 8 nitrogen and oxygen atoms in total. The normalized spacial score (nSPS) is 11.2. The van der Waals surface area contributed by atoms with E-state index in [4.69, 9.17) is 16.0 Å². The molecule has 0 spiro atoms. The summed E-state index contributed by atoms with van der Waals surface area (Å²) in [6, 6.07) is 13.2. The first kappa shape index (κ1) is 20.0. The first-order chi connectivity index (χ1) is 15.6. The molecule has 0 unspecified atom stereocenters. The van der Waals surface area contributed by atoms with Crippen LogP contribution < -0.4 is 5.32 Å². The number of carbonyl (C=O) groups is 1. The maximum atomic E-state index is 12.3. The average Bonchev–Trinajstić information content (AvgIpc) is 3.52. The molecule has 0 bridgehead atoms. The van der Waals surface area contributed by atoms with Gasteiger partial charge in [0.2, 0.25) is 5.91 Å². The molecule has 5 aromatic rings. The van der Waals surface area contributed by atoms with Gasteiger partial charge in [-0.3, -0.25) is 9.48 Å². The second-order valence-electron chi connectivity index (χ2n) is 7.30. The Hall–Kier alpha value is -3.91. The standard InChI is InChI=1S/C23H19ClN6O2/c24-17-6-4-16(5-7-17)20-12-25-23(32-20)9-8-22(31)28-18-11-26-30(14-18)15-19-13-29-10-2-1-3-21(29)27-19/h1-7,10-14H,8-9,15H2,(H,28,31). The first-order valence-corrected chi connectivity index (χ1v) is 10.5. The van der Waals surface area contributed by atoms with Gasteiger partial charge in [-0.05, 0) is 36.4 Å². The molecule has 5 rings (SSSR count). The Labute approximate surface area is 188 Å². The van der Waals surface area contributed by atoms with Crippen molar-refractivity contribution in [3.63, 3.8) is 0 Å². The molecular formula is C23H19ClN6O2. The molecule has 1 N–H and O–H groups in total. The molecule has 0 radical (unpaired) electrons. The van der Waals surface area contributed by atoms with Gasteiger partial charge in [-0.2, -0.15) is 5.10 Å². The van der Waals surface area contributed by atoms with Crippen molar-refractivity contribution in [2.75, 3.05) is 5.32 Å². The Morgan fingerprint density at radius 2 is 1.97 bits per heavy atom. The number of imidazole rings is 1. The molecule has 1 amide bonds. The Morgan fingerprint density at radius 1 is 1.09 bits per heavy atom. The molecule has 4 heterocycles. The van der Waals surface area contributed by atoms with Crippen LogP contribution in [0.25, 0.3) is 17.0 Å². The van der Waals surface area contributed by atoms with Crippen LogP contribution in [0.4, 0.5) is 5.69 Å². The van der Waals surface area contributed by atoms with Gasteiger partial charge in [-0.1, -0.05) is 17.7 Å². The van der Waals surface area contributed by atoms with Crippen LogP contribution in [0, 0.1) is 0 Å². The number of carbonyl (C=O) groups excluding carboxylic acids is 1. The molecule has 4 aromatic heterocycles. The number of nitrogens with zero attached hydrogens (tertiary/aromatic N) is 5. The third-order valence-electron chi connectivity index (χ3n) is 4.90. The summed E-state index contributed by atoms with van der Waals surface area (Å²) in [5.74, 6) is 1.02. The van der Waals surface area contributed by atoms with Gasteiger partial charge < -0.3 is 14.1 Å². The van der Waals surface area contributed by atoms with Crippen molar-refractivity contribution in [3.05, 3.63) is 90.1 Å². The van der Waals surface area contributed by atoms with E-state index in [1.807, 2.05) is 47.1 Å². The highest BCUT2D eigenvalue weighted by molar-refractivity contribution is 6.30. The number of hydrogen-bond acceptors (Lipinski definition) is 5. The number of aryl methyl sites for hydroxylation is 1. The van der Waals surface area contributed by atoms with E-state index in [9.17, 15) is 4.79 Å². The number of nitrogens with one attached hydrogen (secondary N) is 1. The van der Waals surface area contributed by atoms with Crippen molar-refractivity contribution in [1.29, 1.82) is 0 Å². The zero-order valence-electron chi connectivity index (χ0n) is 17.0. The monoisotopic (exact) mass is 446 g/mol. The number of aromatic nitrogens is 5. The van der Waals surface area contributed by atoms with Crippen LogP contribution in [0.3, 0.4) is 0 Å². The number of oxazole rings is 1. The minimum atomic E-state index is -0.136. The third kappa shape index (κ3) is 4.55. The second kappa shape index (κ2) is 8.68. The Balaban J connectivity index is 1.15. The van der Waals surface area contributed by atoms with Gasteiger partial charge in [0.25, 0.3) is 0 Å². The van der Waals surface area contributed by atoms with E-state index in [2.05, 4.69) is 20.4 Å². The molecule has 1 aromatic carbocycles. The summed E-state index contributed by atoms with van der Waals surface area (Å²) in [7, 11) is 0. The Kier molecular flexibility index (Phi) is 5.43. The van der Waals surface area contributed by atoms with Crippen LogP contribution in [-0.2, 0) is 17.8 Å².